The predicted octanol–water partition coefficient (Wildman–Crippen LogP) is 12.0. The number of rotatable bonds is 6. The van der Waals surface area contributed by atoms with E-state index in [9.17, 15) is 0 Å². The van der Waals surface area contributed by atoms with Crippen molar-refractivity contribution in [3.05, 3.63) is 145 Å². The lowest BCUT2D eigenvalue weighted by Gasteiger charge is -2.57. The van der Waals surface area contributed by atoms with Gasteiger partial charge in [-0.2, -0.15) is 0 Å². The molecule has 0 aliphatic heterocycles. The first-order valence-corrected chi connectivity index (χ1v) is 17.9. The van der Waals surface area contributed by atoms with Gasteiger partial charge in [-0.15, -0.1) is 0 Å². The quantitative estimate of drug-likeness (QED) is 0.183. The molecule has 5 aromatic carbocycles. The molecule has 49 heavy (non-hydrogen) atoms. The molecule has 238 valence electrons. The summed E-state index contributed by atoms with van der Waals surface area (Å²) in [6.45, 7) is 0. The molecule has 0 atom stereocenters. The molecule has 3 heteroatoms. The fourth-order valence-electron chi connectivity index (χ4n) is 9.95. The van der Waals surface area contributed by atoms with Crippen LogP contribution in [-0.2, 0) is 5.41 Å². The van der Waals surface area contributed by atoms with Crippen LogP contribution in [0.2, 0.25) is 0 Å². The van der Waals surface area contributed by atoms with Gasteiger partial charge in [0.15, 0.2) is 12.0 Å². The third-order valence-electron chi connectivity index (χ3n) is 11.8. The Morgan fingerprint density at radius 3 is 1.51 bits per heavy atom. The number of oxazole rings is 1. The van der Waals surface area contributed by atoms with Gasteiger partial charge in [0.1, 0.15) is 5.52 Å². The topological polar surface area (TPSA) is 38.9 Å². The second kappa shape index (κ2) is 11.4. The summed E-state index contributed by atoms with van der Waals surface area (Å²) < 4.78 is 6.14. The highest BCUT2D eigenvalue weighted by Gasteiger charge is 2.52. The zero-order chi connectivity index (χ0) is 32.4. The number of fused-ring (bicyclic) bond motifs is 1. The highest BCUT2D eigenvalue weighted by Crippen LogP contribution is 2.61. The molecule has 2 aromatic heterocycles. The molecule has 2 heterocycles. The van der Waals surface area contributed by atoms with Crippen molar-refractivity contribution in [1.29, 1.82) is 0 Å². The average molecular weight is 635 g/mol. The Labute approximate surface area is 287 Å². The first-order valence-electron chi connectivity index (χ1n) is 17.9. The van der Waals surface area contributed by atoms with Crippen LogP contribution in [0.4, 0.5) is 0 Å². The Balaban J connectivity index is 0.946. The van der Waals surface area contributed by atoms with Crippen LogP contribution < -0.4 is 0 Å². The van der Waals surface area contributed by atoms with Crippen LogP contribution in [0.15, 0.2) is 144 Å². The van der Waals surface area contributed by atoms with Crippen molar-refractivity contribution >= 4 is 11.1 Å². The van der Waals surface area contributed by atoms with Gasteiger partial charge in [-0.25, -0.2) is 9.97 Å². The summed E-state index contributed by atoms with van der Waals surface area (Å²) in [5, 5.41) is 0. The monoisotopic (exact) mass is 634 g/mol. The lowest BCUT2D eigenvalue weighted by Crippen LogP contribution is -2.48. The van der Waals surface area contributed by atoms with Crippen LogP contribution >= 0.6 is 0 Å². The second-order valence-electron chi connectivity index (χ2n) is 14.9. The number of pyridine rings is 1. The SMILES string of the molecule is c1ccc(-c2cc(-c3ccc(-c4ccc(-c5ccc(C67CC8CC(CC(C8)C6)C7)c6ncoc56)cc4)cc3)cc(-c3ccccc3)n2)cc1. The molecule has 0 spiro atoms. The fourth-order valence-corrected chi connectivity index (χ4v) is 9.95. The van der Waals surface area contributed by atoms with Crippen molar-refractivity contribution in [1.82, 2.24) is 9.97 Å². The highest BCUT2D eigenvalue weighted by molar-refractivity contribution is 5.93. The Bertz CT molecular complexity index is 2190. The van der Waals surface area contributed by atoms with E-state index in [4.69, 9.17) is 14.4 Å². The summed E-state index contributed by atoms with van der Waals surface area (Å²) in [4.78, 5) is 9.88. The normalized spacial score (nSPS) is 22.5. The van der Waals surface area contributed by atoms with E-state index in [2.05, 4.69) is 121 Å². The molecule has 0 N–H and O–H groups in total. The molecule has 0 radical (unpaired) electrons. The van der Waals surface area contributed by atoms with Crippen molar-refractivity contribution in [3.8, 4) is 55.9 Å². The Morgan fingerprint density at radius 2 is 0.980 bits per heavy atom. The van der Waals surface area contributed by atoms with Crippen molar-refractivity contribution in [2.75, 3.05) is 0 Å². The zero-order valence-electron chi connectivity index (χ0n) is 27.6. The third-order valence-corrected chi connectivity index (χ3v) is 11.8. The molecule has 4 saturated carbocycles. The molecular formula is C46H38N2O. The maximum atomic E-state index is 6.14. The van der Waals surface area contributed by atoms with Crippen LogP contribution in [-0.4, -0.2) is 9.97 Å². The minimum Gasteiger partial charge on any atom is -0.443 e. The number of hydrogen-bond acceptors (Lipinski definition) is 3. The molecular weight excluding hydrogens is 597 g/mol. The molecule has 7 aromatic rings. The van der Waals surface area contributed by atoms with E-state index in [0.29, 0.717) is 5.41 Å². The number of hydrogen-bond donors (Lipinski definition) is 0. The van der Waals surface area contributed by atoms with Crippen molar-refractivity contribution in [3.63, 3.8) is 0 Å². The predicted molar refractivity (Wildman–Crippen MR) is 199 cm³/mol. The zero-order valence-corrected chi connectivity index (χ0v) is 27.6. The van der Waals surface area contributed by atoms with E-state index < -0.39 is 0 Å². The number of aromatic nitrogens is 2. The lowest BCUT2D eigenvalue weighted by atomic mass is 9.48. The fraction of sp³-hybridized carbons (Fsp3) is 0.217. The molecule has 4 aliphatic carbocycles. The maximum absolute atomic E-state index is 6.14. The Hall–Kier alpha value is -5.28. The minimum absolute atomic E-state index is 0.293. The van der Waals surface area contributed by atoms with Gasteiger partial charge in [-0.3, -0.25) is 0 Å². The van der Waals surface area contributed by atoms with Gasteiger partial charge in [0.05, 0.1) is 11.4 Å². The minimum atomic E-state index is 0.293. The molecule has 4 fully saturated rings. The van der Waals surface area contributed by atoms with Crippen LogP contribution in [0.3, 0.4) is 0 Å². The second-order valence-corrected chi connectivity index (χ2v) is 14.9. The number of benzene rings is 5. The third kappa shape index (κ3) is 5.03. The summed E-state index contributed by atoms with van der Waals surface area (Å²) in [5.74, 6) is 2.70. The van der Waals surface area contributed by atoms with Gasteiger partial charge in [-0.1, -0.05) is 121 Å². The molecule has 4 aliphatic rings. The van der Waals surface area contributed by atoms with Gasteiger partial charge >= 0.3 is 0 Å². The van der Waals surface area contributed by atoms with Crippen LogP contribution in [0.25, 0.3) is 67.0 Å². The van der Waals surface area contributed by atoms with E-state index in [-0.39, 0.29) is 0 Å². The largest absolute Gasteiger partial charge is 0.443 e. The van der Waals surface area contributed by atoms with Gasteiger partial charge in [-0.05, 0) is 107 Å². The lowest BCUT2D eigenvalue weighted by molar-refractivity contribution is -0.00457. The molecule has 3 nitrogen and oxygen atoms in total. The summed E-state index contributed by atoms with van der Waals surface area (Å²) >= 11 is 0. The van der Waals surface area contributed by atoms with Crippen LogP contribution in [0.5, 0.6) is 0 Å². The Kier molecular flexibility index (Phi) is 6.69. The van der Waals surface area contributed by atoms with Crippen LogP contribution in [0, 0.1) is 17.8 Å². The smallest absolute Gasteiger partial charge is 0.182 e. The summed E-state index contributed by atoms with van der Waals surface area (Å²) in [6, 6.07) is 47.8. The molecule has 11 rings (SSSR count). The van der Waals surface area contributed by atoms with E-state index in [0.717, 1.165) is 68.1 Å². The van der Waals surface area contributed by atoms with Gasteiger partial charge in [0.2, 0.25) is 0 Å². The van der Waals surface area contributed by atoms with Crippen molar-refractivity contribution in [2.45, 2.75) is 43.9 Å². The summed E-state index contributed by atoms with van der Waals surface area (Å²) in [6.07, 6.45) is 9.99. The number of nitrogens with zero attached hydrogens (tertiary/aromatic N) is 2. The van der Waals surface area contributed by atoms with E-state index in [1.54, 1.807) is 6.39 Å². The summed E-state index contributed by atoms with van der Waals surface area (Å²) in [7, 11) is 0. The molecule has 0 amide bonds. The first-order chi connectivity index (χ1) is 24.2. The van der Waals surface area contributed by atoms with Crippen molar-refractivity contribution in [2.24, 2.45) is 17.8 Å². The molecule has 4 bridgehead atoms. The van der Waals surface area contributed by atoms with Crippen LogP contribution in [0.1, 0.15) is 44.1 Å². The summed E-state index contributed by atoms with van der Waals surface area (Å²) in [5.41, 5.74) is 14.9. The average Bonchev–Trinajstić information content (AvgIpc) is 3.65. The molecule has 0 unspecified atom stereocenters. The van der Waals surface area contributed by atoms with Crippen molar-refractivity contribution < 1.29 is 4.42 Å². The maximum Gasteiger partial charge on any atom is 0.182 e. The van der Waals surface area contributed by atoms with Gasteiger partial charge in [0, 0.05) is 16.7 Å². The van der Waals surface area contributed by atoms with Gasteiger partial charge < -0.3 is 4.42 Å². The highest BCUT2D eigenvalue weighted by atomic mass is 16.3. The van der Waals surface area contributed by atoms with E-state index >= 15 is 0 Å². The Morgan fingerprint density at radius 1 is 0.490 bits per heavy atom. The van der Waals surface area contributed by atoms with E-state index in [1.165, 1.54) is 60.8 Å². The molecule has 0 saturated heterocycles. The first kappa shape index (κ1) is 28.7. The standard InChI is InChI=1S/C46H38N2O/c1-3-7-37(8-4-1)42-24-39(25-43(48-42)38-9-5-2-6-10-38)35-13-11-33(12-14-35)34-15-17-36(18-16-34)40-19-20-41(44-45(40)49-29-47-44)46-26-30-21-31(27-46)23-32(22-30)28-46/h1-20,24-25,29-32H,21-23,26-28H2. The van der Waals surface area contributed by atoms with E-state index in [1.807, 2.05) is 12.1 Å². The van der Waals surface area contributed by atoms with Gasteiger partial charge in [0.25, 0.3) is 0 Å².